The highest BCUT2D eigenvalue weighted by Gasteiger charge is 2.88. The van der Waals surface area contributed by atoms with E-state index in [0.29, 0.717) is 50.1 Å². The molecule has 7 aliphatic rings. The molecule has 0 aromatic heterocycles. The smallest absolute Gasteiger partial charge is 0.394 e. The van der Waals surface area contributed by atoms with Crippen LogP contribution in [0.2, 0.25) is 0 Å². The lowest BCUT2D eigenvalue weighted by Crippen LogP contribution is -2.85. The van der Waals surface area contributed by atoms with Crippen LogP contribution >= 0.6 is 0 Å². The molecule has 14 atom stereocenters. The fraction of sp³-hybridized carbons (Fsp3) is 0.906. The van der Waals surface area contributed by atoms with Crippen molar-refractivity contribution in [3.8, 4) is 0 Å². The van der Waals surface area contributed by atoms with E-state index in [2.05, 4.69) is 11.8 Å². The molecule has 268 valence electrons. The summed E-state index contributed by atoms with van der Waals surface area (Å²) in [5, 5.41) is 73.9. The second kappa shape index (κ2) is 10.6. The van der Waals surface area contributed by atoms with Crippen LogP contribution in [0.1, 0.15) is 86.0 Å². The third-order valence-corrected chi connectivity index (χ3v) is 14.1. The van der Waals surface area contributed by atoms with E-state index in [1.165, 1.54) is 0 Å². The van der Waals surface area contributed by atoms with Crippen molar-refractivity contribution in [1.29, 1.82) is 0 Å². The van der Waals surface area contributed by atoms with Gasteiger partial charge in [-0.3, -0.25) is 14.0 Å². The molecule has 4 bridgehead atoms. The van der Waals surface area contributed by atoms with Crippen molar-refractivity contribution in [2.24, 2.45) is 29.1 Å². The zero-order valence-corrected chi connectivity index (χ0v) is 28.5. The molecule has 4 aliphatic carbocycles. The monoisotopic (exact) mass is 689 g/mol. The summed E-state index contributed by atoms with van der Waals surface area (Å²) in [5.41, 5.74) is -8.96. The molecular formula is C32H51NO13S. The molecule has 14 nitrogen and oxygen atoms in total. The van der Waals surface area contributed by atoms with E-state index < -0.39 is 85.5 Å². The number of aliphatic hydroxyl groups is 6. The Bertz CT molecular complexity index is 1450. The SMILES string of the molecule is C/C=C(/C)C(=O)OC1CCC2(C)C3CCC4C5(O)CC(O)C6(O)C(CN7CC(C)CCC7C6(C)O)C5(O)CC42OC13O.O=S(=O)(O)O. The first-order chi connectivity index (χ1) is 21.5. The standard InChI is InChI=1S/C32H49NO9.H2O4S/c1-6-18(3)25(35)41-24-11-12-26(4)19-8-9-20-28(37)13-23(34)31(39)21(29(28,38)16-30(20,26)42-32(19,24)40)15-33-14-17(2)7-10-22(33)27(31,5)36;1-5(2,3)4/h6,17,19-24,34,36-40H,7-16H2,1-5H3;(H2,1,2,3,4)/b18-6-;. The summed E-state index contributed by atoms with van der Waals surface area (Å²) in [4.78, 5) is 14.9. The predicted octanol–water partition coefficient (Wildman–Crippen LogP) is 0.338. The topological polar surface area (TPSA) is 235 Å². The maximum Gasteiger partial charge on any atom is 0.394 e. The Morgan fingerprint density at radius 1 is 0.936 bits per heavy atom. The summed E-state index contributed by atoms with van der Waals surface area (Å²) in [6.45, 7) is 10.1. The van der Waals surface area contributed by atoms with E-state index in [1.807, 2.05) is 6.92 Å². The number of rotatable bonds is 2. The van der Waals surface area contributed by atoms with Gasteiger partial charge in [0, 0.05) is 60.7 Å². The number of esters is 1. The van der Waals surface area contributed by atoms with E-state index in [1.54, 1.807) is 26.8 Å². The first-order valence-electron chi connectivity index (χ1n) is 16.7. The number of fused-ring (bicyclic) bond motifs is 5. The molecular weight excluding hydrogens is 638 g/mol. The molecule has 3 aliphatic heterocycles. The lowest BCUT2D eigenvalue weighted by Gasteiger charge is -2.68. The fourth-order valence-electron chi connectivity index (χ4n) is 11.8. The summed E-state index contributed by atoms with van der Waals surface area (Å²) in [6.07, 6.45) is 2.30. The first kappa shape index (κ1) is 35.6. The third kappa shape index (κ3) is 4.51. The Morgan fingerprint density at radius 2 is 1.55 bits per heavy atom. The van der Waals surface area contributed by atoms with Gasteiger partial charge in [-0.25, -0.2) is 4.79 Å². The average Bonchev–Trinajstić information content (AvgIpc) is 3.12. The van der Waals surface area contributed by atoms with E-state index in [4.69, 9.17) is 27.0 Å². The Kier molecular flexibility index (Phi) is 8.05. The highest BCUT2D eigenvalue weighted by atomic mass is 32.3. The molecule has 8 N–H and O–H groups in total. The third-order valence-electron chi connectivity index (χ3n) is 14.1. The Morgan fingerprint density at radius 3 is 2.17 bits per heavy atom. The molecule has 0 amide bonds. The van der Waals surface area contributed by atoms with E-state index in [-0.39, 0.29) is 25.4 Å². The highest BCUT2D eigenvalue weighted by molar-refractivity contribution is 7.79. The number of ether oxygens (including phenoxy) is 2. The van der Waals surface area contributed by atoms with Crippen LogP contribution in [0.15, 0.2) is 11.6 Å². The Hall–Kier alpha value is -1.24. The van der Waals surface area contributed by atoms with Crippen LogP contribution in [0.4, 0.5) is 0 Å². The summed E-state index contributed by atoms with van der Waals surface area (Å²) in [5.74, 6) is -4.05. The molecule has 3 saturated heterocycles. The summed E-state index contributed by atoms with van der Waals surface area (Å²) in [7, 11) is -4.67. The Balaban J connectivity index is 0.000000720. The van der Waals surface area contributed by atoms with Crippen LogP contribution < -0.4 is 0 Å². The highest BCUT2D eigenvalue weighted by Crippen LogP contribution is 2.78. The summed E-state index contributed by atoms with van der Waals surface area (Å²) < 4.78 is 44.2. The zero-order valence-electron chi connectivity index (χ0n) is 27.7. The largest absolute Gasteiger partial charge is 0.453 e. The van der Waals surface area contributed by atoms with Gasteiger partial charge in [0.1, 0.15) is 22.4 Å². The lowest BCUT2D eigenvalue weighted by atomic mass is 9.49. The molecule has 0 radical (unpaired) electrons. The van der Waals surface area contributed by atoms with Crippen LogP contribution in [0.3, 0.4) is 0 Å². The van der Waals surface area contributed by atoms with Crippen molar-refractivity contribution in [2.75, 3.05) is 13.1 Å². The number of nitrogens with zero attached hydrogens (tertiary/aromatic N) is 1. The minimum Gasteiger partial charge on any atom is -0.453 e. The Labute approximate surface area is 275 Å². The number of hydrogen-bond donors (Lipinski definition) is 8. The number of hydrogen-bond acceptors (Lipinski definition) is 12. The maximum absolute atomic E-state index is 12.9. The van der Waals surface area contributed by atoms with Gasteiger partial charge in [0.05, 0.1) is 11.7 Å². The van der Waals surface area contributed by atoms with Crippen molar-refractivity contribution < 1.29 is 62.4 Å². The van der Waals surface area contributed by atoms with Gasteiger partial charge in [-0.05, 0) is 65.2 Å². The van der Waals surface area contributed by atoms with Gasteiger partial charge in [-0.2, -0.15) is 8.42 Å². The maximum atomic E-state index is 12.9. The van der Waals surface area contributed by atoms with Crippen molar-refractivity contribution in [1.82, 2.24) is 4.90 Å². The minimum absolute atomic E-state index is 0.0606. The molecule has 7 rings (SSSR count). The van der Waals surface area contributed by atoms with Gasteiger partial charge >= 0.3 is 16.4 Å². The van der Waals surface area contributed by atoms with Crippen molar-refractivity contribution in [3.05, 3.63) is 11.6 Å². The van der Waals surface area contributed by atoms with Gasteiger partial charge in [0.25, 0.3) is 0 Å². The number of carbonyl (C=O) groups is 1. The predicted molar refractivity (Wildman–Crippen MR) is 164 cm³/mol. The van der Waals surface area contributed by atoms with E-state index in [0.717, 1.165) is 6.42 Å². The molecule has 0 aromatic rings. The first-order valence-corrected chi connectivity index (χ1v) is 18.1. The van der Waals surface area contributed by atoms with Gasteiger partial charge in [-0.1, -0.05) is 19.9 Å². The fourth-order valence-corrected chi connectivity index (χ4v) is 11.8. The number of piperidine rings is 2. The molecule has 3 heterocycles. The molecule has 14 unspecified atom stereocenters. The molecule has 7 fully saturated rings. The van der Waals surface area contributed by atoms with Crippen molar-refractivity contribution >= 4 is 16.4 Å². The van der Waals surface area contributed by atoms with Crippen LogP contribution in [0, 0.1) is 29.1 Å². The van der Waals surface area contributed by atoms with Gasteiger partial charge in [-0.15, -0.1) is 0 Å². The molecule has 0 aromatic carbocycles. The summed E-state index contributed by atoms with van der Waals surface area (Å²) in [6, 6.07) is -0.387. The second-order valence-corrected chi connectivity index (χ2v) is 17.0. The average molecular weight is 690 g/mol. The van der Waals surface area contributed by atoms with Crippen LogP contribution in [-0.4, -0.2) is 124 Å². The van der Waals surface area contributed by atoms with Gasteiger partial charge < -0.3 is 40.1 Å². The number of carbonyl (C=O) groups excluding carboxylic acids is 1. The van der Waals surface area contributed by atoms with Gasteiger partial charge in [0.15, 0.2) is 6.10 Å². The van der Waals surface area contributed by atoms with E-state index >= 15 is 0 Å². The van der Waals surface area contributed by atoms with Crippen LogP contribution in [0.25, 0.3) is 0 Å². The number of allylic oxidation sites excluding steroid dienone is 1. The molecule has 15 heteroatoms. The zero-order chi connectivity index (χ0) is 35.0. The molecule has 1 spiro atoms. The van der Waals surface area contributed by atoms with Gasteiger partial charge in [0.2, 0.25) is 5.79 Å². The van der Waals surface area contributed by atoms with Crippen LogP contribution in [-0.2, 0) is 24.7 Å². The summed E-state index contributed by atoms with van der Waals surface area (Å²) >= 11 is 0. The lowest BCUT2D eigenvalue weighted by molar-refractivity contribution is -0.354. The van der Waals surface area contributed by atoms with Crippen molar-refractivity contribution in [3.63, 3.8) is 0 Å². The van der Waals surface area contributed by atoms with Crippen molar-refractivity contribution in [2.45, 2.75) is 138 Å². The molecule has 4 saturated carbocycles. The number of aliphatic hydroxyl groups excluding tert-OH is 1. The minimum atomic E-state index is -4.67. The quantitative estimate of drug-likeness (QED) is 0.111. The van der Waals surface area contributed by atoms with Crippen LogP contribution in [0.5, 0.6) is 0 Å². The molecule has 47 heavy (non-hydrogen) atoms. The van der Waals surface area contributed by atoms with E-state index in [9.17, 15) is 35.4 Å². The second-order valence-electron chi connectivity index (χ2n) is 16.1. The normalized spacial score (nSPS) is 55.1.